The molecule has 3 N–H and O–H groups in total. The number of phosphoric ester groups is 2. The van der Waals surface area contributed by atoms with Gasteiger partial charge in [0.25, 0.3) is 0 Å². The highest BCUT2D eigenvalue weighted by Crippen LogP contribution is 2.45. The summed E-state index contributed by atoms with van der Waals surface area (Å²) in [6.45, 7) is 11.8. The third-order valence-electron chi connectivity index (χ3n) is 17.6. The predicted octanol–water partition coefficient (Wildman–Crippen LogP) is 22.2. The summed E-state index contributed by atoms with van der Waals surface area (Å²) < 4.78 is 68.5. The lowest BCUT2D eigenvalue weighted by Crippen LogP contribution is -2.30. The molecular weight excluding hydrogens is 1250 g/mol. The number of phosphoric acid groups is 2. The summed E-state index contributed by atoms with van der Waals surface area (Å²) in [5.74, 6) is 0.121. The Morgan fingerprint density at radius 3 is 0.716 bits per heavy atom. The van der Waals surface area contributed by atoms with Crippen molar-refractivity contribution in [3.8, 4) is 0 Å². The number of hydrogen-bond acceptors (Lipinski definition) is 15. The number of unbranched alkanes of at least 4 members (excludes halogenated alkanes) is 42. The number of esters is 4. The molecule has 95 heavy (non-hydrogen) atoms. The number of carbonyl (C=O) groups is 4. The maximum atomic E-state index is 13.1. The van der Waals surface area contributed by atoms with Gasteiger partial charge in [0.05, 0.1) is 26.4 Å². The van der Waals surface area contributed by atoms with Gasteiger partial charge in [0, 0.05) is 25.7 Å². The van der Waals surface area contributed by atoms with E-state index in [1.54, 1.807) is 0 Å². The van der Waals surface area contributed by atoms with E-state index in [0.717, 1.165) is 108 Å². The Balaban J connectivity index is 5.24. The third-order valence-corrected chi connectivity index (χ3v) is 19.5. The Bertz CT molecular complexity index is 1850. The second kappa shape index (κ2) is 66.6. The molecule has 2 unspecified atom stereocenters. The van der Waals surface area contributed by atoms with Crippen molar-refractivity contribution in [2.45, 2.75) is 407 Å². The van der Waals surface area contributed by atoms with E-state index in [0.29, 0.717) is 31.6 Å². The molecule has 0 aromatic rings. The third kappa shape index (κ3) is 70.3. The van der Waals surface area contributed by atoms with Crippen molar-refractivity contribution in [1.82, 2.24) is 0 Å². The zero-order valence-electron chi connectivity index (χ0n) is 62.1. The number of ether oxygens (including phenoxy) is 4. The maximum absolute atomic E-state index is 13.1. The van der Waals surface area contributed by atoms with Gasteiger partial charge < -0.3 is 33.8 Å². The number of carbonyl (C=O) groups excluding carboxylic acids is 4. The molecule has 0 amide bonds. The van der Waals surface area contributed by atoms with E-state index in [2.05, 4.69) is 48.5 Å². The minimum Gasteiger partial charge on any atom is -0.462 e. The fraction of sp³-hybridized carbons (Fsp3) is 0.947. The van der Waals surface area contributed by atoms with Crippen molar-refractivity contribution in [2.24, 2.45) is 17.8 Å². The molecule has 0 rings (SSSR count). The molecule has 0 fully saturated rings. The first-order valence-electron chi connectivity index (χ1n) is 39.3. The number of rotatable bonds is 74. The van der Waals surface area contributed by atoms with Crippen molar-refractivity contribution in [3.05, 3.63) is 0 Å². The molecule has 0 aromatic carbocycles. The zero-order chi connectivity index (χ0) is 70.1. The molecule has 0 radical (unpaired) electrons. The molecule has 0 aliphatic rings. The fourth-order valence-electron chi connectivity index (χ4n) is 11.6. The highest BCUT2D eigenvalue weighted by atomic mass is 31.2. The Kier molecular flexibility index (Phi) is 65.2. The molecule has 0 spiro atoms. The molecule has 0 saturated heterocycles. The Labute approximate surface area is 581 Å². The van der Waals surface area contributed by atoms with Crippen LogP contribution in [0.25, 0.3) is 0 Å². The largest absolute Gasteiger partial charge is 0.472 e. The molecule has 0 aliphatic heterocycles. The lowest BCUT2D eigenvalue weighted by atomic mass is 10.0. The van der Waals surface area contributed by atoms with Crippen LogP contribution in [0.3, 0.4) is 0 Å². The highest BCUT2D eigenvalue weighted by molar-refractivity contribution is 7.47. The summed E-state index contributed by atoms with van der Waals surface area (Å²) in [5, 5.41) is 10.6. The van der Waals surface area contributed by atoms with Gasteiger partial charge in [-0.05, 0) is 43.4 Å². The molecule has 0 aromatic heterocycles. The van der Waals surface area contributed by atoms with Crippen LogP contribution >= 0.6 is 15.6 Å². The quantitative estimate of drug-likeness (QED) is 0.0222. The van der Waals surface area contributed by atoms with Crippen LogP contribution in [0, 0.1) is 17.8 Å². The van der Waals surface area contributed by atoms with E-state index in [1.165, 1.54) is 193 Å². The van der Waals surface area contributed by atoms with Crippen LogP contribution in [-0.4, -0.2) is 96.7 Å². The van der Waals surface area contributed by atoms with Gasteiger partial charge in [-0.15, -0.1) is 0 Å². The summed E-state index contributed by atoms with van der Waals surface area (Å²) in [6.07, 6.45) is 52.8. The first kappa shape index (κ1) is 93.1. The van der Waals surface area contributed by atoms with Gasteiger partial charge in [0.15, 0.2) is 12.2 Å². The van der Waals surface area contributed by atoms with Crippen LogP contribution in [0.15, 0.2) is 0 Å². The van der Waals surface area contributed by atoms with E-state index in [9.17, 15) is 43.2 Å². The number of aliphatic hydroxyl groups excluding tert-OH is 1. The molecule has 5 atom stereocenters. The van der Waals surface area contributed by atoms with E-state index in [1.807, 2.05) is 0 Å². The lowest BCUT2D eigenvalue weighted by molar-refractivity contribution is -0.161. The fourth-order valence-corrected chi connectivity index (χ4v) is 13.2. The van der Waals surface area contributed by atoms with E-state index in [4.69, 9.17) is 37.0 Å². The summed E-state index contributed by atoms with van der Waals surface area (Å²) in [5.41, 5.74) is 0. The highest BCUT2D eigenvalue weighted by Gasteiger charge is 2.30. The van der Waals surface area contributed by atoms with Gasteiger partial charge in [0.2, 0.25) is 0 Å². The molecule has 0 aliphatic carbocycles. The van der Waals surface area contributed by atoms with E-state index >= 15 is 0 Å². The van der Waals surface area contributed by atoms with E-state index in [-0.39, 0.29) is 25.7 Å². The van der Waals surface area contributed by atoms with Gasteiger partial charge in [-0.3, -0.25) is 37.3 Å². The average Bonchev–Trinajstić information content (AvgIpc) is 1.27. The first-order chi connectivity index (χ1) is 45.7. The van der Waals surface area contributed by atoms with Crippen LogP contribution in [0.1, 0.15) is 389 Å². The monoisotopic (exact) mass is 1400 g/mol. The summed E-state index contributed by atoms with van der Waals surface area (Å²) in [6, 6.07) is 0. The summed E-state index contributed by atoms with van der Waals surface area (Å²) in [4.78, 5) is 72.8. The SMILES string of the molecule is CCCCCCCCCCCCCCCCCC(=O)OC[C@H](COP(=O)(O)OC[C@@H](O)COP(=O)(O)OC[C@@H](COC(=O)CCCCCCCCC(C)C)OC(=O)CCCCCCCCCCCCCC(C)C)OC(=O)CCCCCCCCCCCCCCCCC(C)C. The topological polar surface area (TPSA) is 237 Å². The minimum absolute atomic E-state index is 0.105. The number of aliphatic hydroxyl groups is 1. The molecule has 0 bridgehead atoms. The first-order valence-corrected chi connectivity index (χ1v) is 42.3. The molecule has 19 heteroatoms. The maximum Gasteiger partial charge on any atom is 0.472 e. The van der Waals surface area contributed by atoms with Crippen LogP contribution in [0.2, 0.25) is 0 Å². The van der Waals surface area contributed by atoms with Gasteiger partial charge in [-0.1, -0.05) is 337 Å². The Hall–Kier alpha value is -1.94. The second-order valence-electron chi connectivity index (χ2n) is 28.8. The molecular formula is C76H148O17P2. The molecule has 17 nitrogen and oxygen atoms in total. The number of hydrogen-bond donors (Lipinski definition) is 3. The second-order valence-corrected chi connectivity index (χ2v) is 31.7. The van der Waals surface area contributed by atoms with Crippen molar-refractivity contribution in [2.75, 3.05) is 39.6 Å². The zero-order valence-corrected chi connectivity index (χ0v) is 63.9. The summed E-state index contributed by atoms with van der Waals surface area (Å²) >= 11 is 0. The van der Waals surface area contributed by atoms with Gasteiger partial charge >= 0.3 is 39.5 Å². The normalized spacial score (nSPS) is 14.1. The van der Waals surface area contributed by atoms with Gasteiger partial charge in [0.1, 0.15) is 19.3 Å². The minimum atomic E-state index is -4.96. The van der Waals surface area contributed by atoms with E-state index < -0.39 is 97.5 Å². The Morgan fingerprint density at radius 2 is 0.484 bits per heavy atom. The average molecular weight is 1400 g/mol. The summed E-state index contributed by atoms with van der Waals surface area (Å²) in [7, 11) is -9.91. The molecule has 0 saturated carbocycles. The van der Waals surface area contributed by atoms with Crippen molar-refractivity contribution in [3.63, 3.8) is 0 Å². The van der Waals surface area contributed by atoms with Crippen LogP contribution in [-0.2, 0) is 65.4 Å². The Morgan fingerprint density at radius 1 is 0.284 bits per heavy atom. The molecule has 0 heterocycles. The van der Waals surface area contributed by atoms with Crippen molar-refractivity contribution < 1.29 is 80.2 Å². The van der Waals surface area contributed by atoms with Crippen LogP contribution in [0.5, 0.6) is 0 Å². The smallest absolute Gasteiger partial charge is 0.462 e. The van der Waals surface area contributed by atoms with Gasteiger partial charge in [-0.2, -0.15) is 0 Å². The van der Waals surface area contributed by atoms with Crippen LogP contribution in [0.4, 0.5) is 0 Å². The van der Waals surface area contributed by atoms with Crippen molar-refractivity contribution >= 4 is 39.5 Å². The predicted molar refractivity (Wildman–Crippen MR) is 386 cm³/mol. The van der Waals surface area contributed by atoms with Crippen LogP contribution < -0.4 is 0 Å². The standard InChI is InChI=1S/C76H148O17P2/c1-8-9-10-11-12-13-14-15-16-20-25-30-35-43-50-57-73(78)86-63-71(92-75(80)59-52-45-36-31-26-21-18-17-19-23-28-33-40-47-54-67(2)3)65-90-94(82,83)88-61-70(77)62-89-95(84,85)91-66-72(64-87-74(79)58-51-44-39-38-42-49-56-69(6)7)93-76(81)60-53-46-37-32-27-22-24-29-34-41-48-55-68(4)5/h67-72,77H,8-66H2,1-7H3,(H,82,83)(H,84,85)/t70-,71-,72-/m1/s1. The lowest BCUT2D eigenvalue weighted by Gasteiger charge is -2.21. The van der Waals surface area contributed by atoms with Crippen molar-refractivity contribution in [1.29, 1.82) is 0 Å². The van der Waals surface area contributed by atoms with Gasteiger partial charge in [-0.25, -0.2) is 9.13 Å². The molecule has 564 valence electrons.